The molecule has 0 rings (SSSR count). The summed E-state index contributed by atoms with van der Waals surface area (Å²) in [5, 5.41) is 2.71. The molecule has 0 aromatic heterocycles. The van der Waals surface area contributed by atoms with Crippen LogP contribution in [0.25, 0.3) is 0 Å². The minimum atomic E-state index is -2.01. The second-order valence-electron chi connectivity index (χ2n) is 5.07. The Bertz CT molecular complexity index is 236. The fourth-order valence-corrected chi connectivity index (χ4v) is 2.60. The van der Waals surface area contributed by atoms with Crippen LogP contribution in [0.4, 0.5) is 4.79 Å². The van der Waals surface area contributed by atoms with Crippen molar-refractivity contribution in [2.45, 2.75) is 45.4 Å². The zero-order chi connectivity index (χ0) is 13.5. The van der Waals surface area contributed by atoms with E-state index in [-0.39, 0.29) is 6.09 Å². The topological polar surface area (TPSA) is 56.8 Å². The lowest BCUT2D eigenvalue weighted by atomic mass is 10.2. The summed E-state index contributed by atoms with van der Waals surface area (Å²) in [5.41, 5.74) is -0.452. The number of carbonyl (C=O) groups is 1. The molecule has 6 heteroatoms. The van der Waals surface area contributed by atoms with Crippen molar-refractivity contribution >= 4 is 14.7 Å². The van der Waals surface area contributed by atoms with Gasteiger partial charge in [0.1, 0.15) is 5.60 Å². The number of ether oxygens (including phenoxy) is 1. The predicted molar refractivity (Wildman–Crippen MR) is 69.3 cm³/mol. The summed E-state index contributed by atoms with van der Waals surface area (Å²) in [5.74, 6) is 0. The largest absolute Gasteiger partial charge is 0.444 e. The van der Waals surface area contributed by atoms with E-state index in [1.54, 1.807) is 14.2 Å². The minimum Gasteiger partial charge on any atom is -0.444 e. The van der Waals surface area contributed by atoms with Crippen molar-refractivity contribution in [3.8, 4) is 0 Å². The molecule has 1 N–H and O–H groups in total. The number of rotatable bonds is 6. The lowest BCUT2D eigenvalue weighted by Gasteiger charge is -2.23. The summed E-state index contributed by atoms with van der Waals surface area (Å²) in [6.45, 7) is 8.09. The molecule has 0 bridgehead atoms. The molecule has 1 amide bonds. The van der Waals surface area contributed by atoms with E-state index in [0.717, 1.165) is 12.5 Å². The third-order valence-electron chi connectivity index (χ3n) is 2.34. The molecular formula is C11H25NO4Si. The second-order valence-corrected chi connectivity index (χ2v) is 8.66. The molecular weight excluding hydrogens is 238 g/mol. The molecule has 0 saturated heterocycles. The van der Waals surface area contributed by atoms with Crippen LogP contribution in [0.5, 0.6) is 0 Å². The predicted octanol–water partition coefficient (Wildman–Crippen LogP) is 2.27. The van der Waals surface area contributed by atoms with Crippen molar-refractivity contribution in [2.24, 2.45) is 0 Å². The molecule has 0 aliphatic carbocycles. The standard InChI is InChI=1S/C11H25NO4Si/c1-11(2,3)16-10(13)12-8-7-9-17(6,14-4)15-5/h7-9H2,1-6H3,(H,12,13). The summed E-state index contributed by atoms with van der Waals surface area (Å²) >= 11 is 0. The number of alkyl carbamates (subject to hydrolysis) is 1. The maximum atomic E-state index is 11.3. The molecule has 0 aromatic carbocycles. The SMILES string of the molecule is CO[Si](C)(CCCNC(=O)OC(C)(C)C)OC. The highest BCUT2D eigenvalue weighted by Crippen LogP contribution is 2.13. The van der Waals surface area contributed by atoms with E-state index in [0.29, 0.717) is 6.54 Å². The quantitative estimate of drug-likeness (QED) is 0.590. The first kappa shape index (κ1) is 16.4. The number of hydrogen-bond donors (Lipinski definition) is 1. The summed E-state index contributed by atoms with van der Waals surface area (Å²) in [6.07, 6.45) is 0.444. The van der Waals surface area contributed by atoms with Gasteiger partial charge in [0.2, 0.25) is 0 Å². The highest BCUT2D eigenvalue weighted by Gasteiger charge is 2.27. The molecule has 17 heavy (non-hydrogen) atoms. The van der Waals surface area contributed by atoms with Gasteiger partial charge in [0.15, 0.2) is 0 Å². The maximum absolute atomic E-state index is 11.3. The first-order chi connectivity index (χ1) is 7.72. The Balaban J connectivity index is 3.75. The second kappa shape index (κ2) is 6.98. The van der Waals surface area contributed by atoms with E-state index in [2.05, 4.69) is 5.32 Å². The Hall–Kier alpha value is -0.593. The van der Waals surface area contributed by atoms with Gasteiger partial charge >= 0.3 is 14.7 Å². The molecule has 0 unspecified atom stereocenters. The van der Waals surface area contributed by atoms with Crippen LogP contribution in [-0.4, -0.2) is 41.0 Å². The summed E-state index contributed by atoms with van der Waals surface area (Å²) < 4.78 is 15.8. The Labute approximate surface area is 105 Å². The zero-order valence-corrected chi connectivity index (χ0v) is 12.8. The molecule has 5 nitrogen and oxygen atoms in total. The van der Waals surface area contributed by atoms with Crippen LogP contribution in [0, 0.1) is 0 Å². The summed E-state index contributed by atoms with van der Waals surface area (Å²) in [7, 11) is 1.32. The van der Waals surface area contributed by atoms with Gasteiger partial charge in [-0.05, 0) is 39.8 Å². The molecule has 0 aliphatic heterocycles. The Morgan fingerprint density at radius 2 is 1.76 bits per heavy atom. The molecule has 0 radical (unpaired) electrons. The highest BCUT2D eigenvalue weighted by molar-refractivity contribution is 6.65. The molecule has 0 aliphatic rings. The van der Waals surface area contributed by atoms with Gasteiger partial charge < -0.3 is 18.9 Å². The van der Waals surface area contributed by atoms with Crippen LogP contribution in [0.15, 0.2) is 0 Å². The van der Waals surface area contributed by atoms with Crippen molar-refractivity contribution in [2.75, 3.05) is 20.8 Å². The zero-order valence-electron chi connectivity index (χ0n) is 11.8. The van der Waals surface area contributed by atoms with E-state index < -0.39 is 14.2 Å². The Kier molecular flexibility index (Phi) is 6.73. The van der Waals surface area contributed by atoms with E-state index >= 15 is 0 Å². The van der Waals surface area contributed by atoms with Crippen molar-refractivity contribution in [1.82, 2.24) is 5.32 Å². The van der Waals surface area contributed by atoms with E-state index in [9.17, 15) is 4.79 Å². The fraction of sp³-hybridized carbons (Fsp3) is 0.909. The van der Waals surface area contributed by atoms with Crippen LogP contribution < -0.4 is 5.32 Å². The van der Waals surface area contributed by atoms with Crippen molar-refractivity contribution in [3.63, 3.8) is 0 Å². The normalized spacial score (nSPS) is 12.4. The summed E-state index contributed by atoms with van der Waals surface area (Å²) in [6, 6.07) is 0.843. The van der Waals surface area contributed by atoms with Crippen LogP contribution in [0.2, 0.25) is 12.6 Å². The molecule has 102 valence electrons. The summed E-state index contributed by atoms with van der Waals surface area (Å²) in [4.78, 5) is 11.3. The lowest BCUT2D eigenvalue weighted by molar-refractivity contribution is 0.0527. The molecule has 0 heterocycles. The monoisotopic (exact) mass is 263 g/mol. The van der Waals surface area contributed by atoms with Gasteiger partial charge in [-0.3, -0.25) is 0 Å². The van der Waals surface area contributed by atoms with Gasteiger partial charge in [0.05, 0.1) is 0 Å². The van der Waals surface area contributed by atoms with E-state index in [1.165, 1.54) is 0 Å². The van der Waals surface area contributed by atoms with Crippen molar-refractivity contribution in [3.05, 3.63) is 0 Å². The van der Waals surface area contributed by atoms with Crippen LogP contribution in [0.3, 0.4) is 0 Å². The van der Waals surface area contributed by atoms with E-state index in [1.807, 2.05) is 27.3 Å². The van der Waals surface area contributed by atoms with Gasteiger partial charge in [0, 0.05) is 20.8 Å². The third kappa shape index (κ3) is 8.17. The smallest absolute Gasteiger partial charge is 0.407 e. The van der Waals surface area contributed by atoms with Crippen molar-refractivity contribution < 1.29 is 18.4 Å². The molecule has 0 saturated carbocycles. The molecule has 0 fully saturated rings. The molecule has 0 atom stereocenters. The van der Waals surface area contributed by atoms with Gasteiger partial charge in [-0.2, -0.15) is 0 Å². The van der Waals surface area contributed by atoms with Crippen LogP contribution >= 0.6 is 0 Å². The lowest BCUT2D eigenvalue weighted by Crippen LogP contribution is -2.38. The number of amides is 1. The van der Waals surface area contributed by atoms with Gasteiger partial charge in [-0.15, -0.1) is 0 Å². The van der Waals surface area contributed by atoms with Gasteiger partial charge in [-0.1, -0.05) is 0 Å². The van der Waals surface area contributed by atoms with Gasteiger partial charge in [-0.25, -0.2) is 4.79 Å². The molecule has 0 spiro atoms. The fourth-order valence-electron chi connectivity index (χ4n) is 1.20. The van der Waals surface area contributed by atoms with Crippen LogP contribution in [0.1, 0.15) is 27.2 Å². The highest BCUT2D eigenvalue weighted by atomic mass is 28.4. The average Bonchev–Trinajstić information content (AvgIpc) is 2.21. The first-order valence-corrected chi connectivity index (χ1v) is 8.32. The Morgan fingerprint density at radius 1 is 1.24 bits per heavy atom. The third-order valence-corrected chi connectivity index (χ3v) is 5.33. The number of hydrogen-bond acceptors (Lipinski definition) is 4. The molecule has 0 aromatic rings. The maximum Gasteiger partial charge on any atom is 0.407 e. The minimum absolute atomic E-state index is 0.379. The number of nitrogens with one attached hydrogen (secondary N) is 1. The average molecular weight is 263 g/mol. The van der Waals surface area contributed by atoms with E-state index in [4.69, 9.17) is 13.6 Å². The van der Waals surface area contributed by atoms with Crippen LogP contribution in [-0.2, 0) is 13.6 Å². The Morgan fingerprint density at radius 3 is 2.18 bits per heavy atom. The number of carbonyl (C=O) groups excluding carboxylic acids is 1. The van der Waals surface area contributed by atoms with Gasteiger partial charge in [0.25, 0.3) is 0 Å². The van der Waals surface area contributed by atoms with Crippen molar-refractivity contribution in [1.29, 1.82) is 0 Å². The first-order valence-electron chi connectivity index (χ1n) is 5.79.